The van der Waals surface area contributed by atoms with E-state index in [1.807, 2.05) is 31.2 Å². The second-order valence-corrected chi connectivity index (χ2v) is 7.43. The number of aromatic nitrogens is 4. The highest BCUT2D eigenvalue weighted by atomic mass is 16.5. The van der Waals surface area contributed by atoms with Crippen LogP contribution in [0.1, 0.15) is 25.3 Å². The van der Waals surface area contributed by atoms with E-state index in [0.29, 0.717) is 18.2 Å². The number of aliphatic hydroxyl groups is 1. The first kappa shape index (κ1) is 21.6. The van der Waals surface area contributed by atoms with E-state index in [0.717, 1.165) is 23.0 Å². The third kappa shape index (κ3) is 4.25. The topological polar surface area (TPSA) is 103 Å². The highest BCUT2D eigenvalue weighted by Crippen LogP contribution is 2.19. The Balaban J connectivity index is 1.93. The van der Waals surface area contributed by atoms with Gasteiger partial charge in [0.05, 0.1) is 6.54 Å². The molecule has 3 rings (SSSR count). The lowest BCUT2D eigenvalue weighted by molar-refractivity contribution is 0.0935. The minimum atomic E-state index is -0.879. The Hall–Kier alpha value is -3.07. The summed E-state index contributed by atoms with van der Waals surface area (Å²) in [5.41, 5.74) is 0.642. The number of anilines is 1. The van der Waals surface area contributed by atoms with Crippen LogP contribution in [0.2, 0.25) is 0 Å². The Kier molecular flexibility index (Phi) is 6.61. The first-order chi connectivity index (χ1) is 14.3. The summed E-state index contributed by atoms with van der Waals surface area (Å²) in [6, 6.07) is 7.57. The van der Waals surface area contributed by atoms with E-state index < -0.39 is 17.4 Å². The van der Waals surface area contributed by atoms with Gasteiger partial charge in [-0.3, -0.25) is 13.9 Å². The van der Waals surface area contributed by atoms with Crippen molar-refractivity contribution in [2.75, 3.05) is 18.5 Å². The number of unbranched alkanes of at least 4 members (excludes halogenated alkanes) is 1. The number of ether oxygens (including phenoxy) is 1. The number of hydrogen-bond acceptors (Lipinski definition) is 6. The number of nitrogens with one attached hydrogen (secondary N) is 1. The van der Waals surface area contributed by atoms with E-state index in [4.69, 9.17) is 4.74 Å². The van der Waals surface area contributed by atoms with Crippen LogP contribution in [0.15, 0.2) is 33.9 Å². The molecular weight excluding hydrogens is 386 g/mol. The van der Waals surface area contributed by atoms with Gasteiger partial charge in [-0.2, -0.15) is 4.98 Å². The van der Waals surface area contributed by atoms with E-state index in [-0.39, 0.29) is 24.3 Å². The van der Waals surface area contributed by atoms with Crippen LogP contribution in [-0.2, 0) is 20.6 Å². The average Bonchev–Trinajstić information content (AvgIpc) is 3.08. The molecule has 0 fully saturated rings. The number of fused-ring (bicyclic) bond motifs is 1. The standard InChI is InChI=1S/C21H29N5O4/c1-5-6-11-22-20-23-18-17(19(28)25(4)21(29)24(18)3)26(20)12-15(27)13-30-16-10-8-7-9-14(16)2/h7-10,15,27H,5-6,11-13H2,1-4H3,(H,22,23)/t15-/m1/s1. The third-order valence-corrected chi connectivity index (χ3v) is 5.08. The molecule has 0 saturated heterocycles. The van der Waals surface area contributed by atoms with Gasteiger partial charge >= 0.3 is 5.69 Å². The van der Waals surface area contributed by atoms with E-state index in [2.05, 4.69) is 17.2 Å². The summed E-state index contributed by atoms with van der Waals surface area (Å²) in [4.78, 5) is 29.6. The van der Waals surface area contributed by atoms with Crippen LogP contribution in [0.3, 0.4) is 0 Å². The Labute approximate surface area is 174 Å². The highest BCUT2D eigenvalue weighted by molar-refractivity contribution is 5.74. The van der Waals surface area contributed by atoms with Crippen molar-refractivity contribution in [2.24, 2.45) is 14.1 Å². The number of aliphatic hydroxyl groups excluding tert-OH is 1. The van der Waals surface area contributed by atoms with Crippen LogP contribution >= 0.6 is 0 Å². The van der Waals surface area contributed by atoms with E-state index in [9.17, 15) is 14.7 Å². The molecule has 1 atom stereocenters. The molecule has 0 aliphatic carbocycles. The van der Waals surface area contributed by atoms with Crippen LogP contribution in [0.25, 0.3) is 11.2 Å². The van der Waals surface area contributed by atoms with Crippen LogP contribution in [0, 0.1) is 6.92 Å². The molecule has 0 radical (unpaired) electrons. The fraction of sp³-hybridized carbons (Fsp3) is 0.476. The van der Waals surface area contributed by atoms with Gasteiger partial charge in [0.2, 0.25) is 5.95 Å². The quantitative estimate of drug-likeness (QED) is 0.512. The van der Waals surface area contributed by atoms with Crippen molar-refractivity contribution in [2.45, 2.75) is 39.3 Å². The number of hydrogen-bond donors (Lipinski definition) is 2. The summed E-state index contributed by atoms with van der Waals surface area (Å²) in [5, 5.41) is 13.9. The van der Waals surface area contributed by atoms with Gasteiger partial charge in [-0.05, 0) is 25.0 Å². The lowest BCUT2D eigenvalue weighted by atomic mass is 10.2. The van der Waals surface area contributed by atoms with Gasteiger partial charge in [0, 0.05) is 20.6 Å². The van der Waals surface area contributed by atoms with Crippen molar-refractivity contribution in [3.63, 3.8) is 0 Å². The Morgan fingerprint density at radius 1 is 1.20 bits per heavy atom. The minimum Gasteiger partial charge on any atom is -0.491 e. The monoisotopic (exact) mass is 415 g/mol. The van der Waals surface area contributed by atoms with Gasteiger partial charge in [0.25, 0.3) is 5.56 Å². The maximum absolute atomic E-state index is 12.8. The third-order valence-electron chi connectivity index (χ3n) is 5.08. The first-order valence-corrected chi connectivity index (χ1v) is 10.1. The summed E-state index contributed by atoms with van der Waals surface area (Å²) < 4.78 is 9.78. The van der Waals surface area contributed by atoms with Gasteiger partial charge in [0.1, 0.15) is 18.5 Å². The van der Waals surface area contributed by atoms with Gasteiger partial charge in [-0.1, -0.05) is 31.5 Å². The fourth-order valence-corrected chi connectivity index (χ4v) is 3.30. The van der Waals surface area contributed by atoms with Crippen molar-refractivity contribution < 1.29 is 9.84 Å². The predicted octanol–water partition coefficient (Wildman–Crippen LogP) is 1.39. The van der Waals surface area contributed by atoms with Gasteiger partial charge in [-0.25, -0.2) is 4.79 Å². The molecule has 1 aromatic carbocycles. The average molecular weight is 415 g/mol. The summed E-state index contributed by atoms with van der Waals surface area (Å²) in [6.07, 6.45) is 1.05. The van der Waals surface area contributed by atoms with Gasteiger partial charge < -0.3 is 19.7 Å². The molecule has 30 heavy (non-hydrogen) atoms. The van der Waals surface area contributed by atoms with Crippen molar-refractivity contribution >= 4 is 17.1 Å². The van der Waals surface area contributed by atoms with E-state index >= 15 is 0 Å². The van der Waals surface area contributed by atoms with Crippen molar-refractivity contribution in [1.82, 2.24) is 18.7 Å². The number of nitrogens with zero attached hydrogens (tertiary/aromatic N) is 4. The highest BCUT2D eigenvalue weighted by Gasteiger charge is 2.21. The van der Waals surface area contributed by atoms with Crippen LogP contribution in [0.5, 0.6) is 5.75 Å². The number of rotatable bonds is 9. The number of para-hydroxylation sites is 1. The SMILES string of the molecule is CCCCNc1nc2c(c(=O)n(C)c(=O)n2C)n1C[C@@H](O)COc1ccccc1C. The molecular formula is C21H29N5O4. The number of benzene rings is 1. The molecule has 3 aromatic rings. The summed E-state index contributed by atoms with van der Waals surface area (Å²) >= 11 is 0. The van der Waals surface area contributed by atoms with Gasteiger partial charge in [-0.15, -0.1) is 0 Å². The molecule has 9 heteroatoms. The smallest absolute Gasteiger partial charge is 0.332 e. The first-order valence-electron chi connectivity index (χ1n) is 10.1. The molecule has 0 aliphatic rings. The lowest BCUT2D eigenvalue weighted by Crippen LogP contribution is -2.38. The second kappa shape index (κ2) is 9.17. The molecule has 0 amide bonds. The van der Waals surface area contributed by atoms with Crippen LogP contribution in [-0.4, -0.2) is 43.0 Å². The van der Waals surface area contributed by atoms with Crippen molar-refractivity contribution in [3.05, 3.63) is 50.7 Å². The minimum absolute atomic E-state index is 0.0605. The molecule has 0 aliphatic heterocycles. The zero-order valence-electron chi connectivity index (χ0n) is 17.9. The van der Waals surface area contributed by atoms with Crippen molar-refractivity contribution in [1.29, 1.82) is 0 Å². The van der Waals surface area contributed by atoms with E-state index in [1.54, 1.807) is 11.6 Å². The van der Waals surface area contributed by atoms with Gasteiger partial charge in [0.15, 0.2) is 11.2 Å². The van der Waals surface area contributed by atoms with Crippen molar-refractivity contribution in [3.8, 4) is 5.75 Å². The molecule has 2 N–H and O–H groups in total. The lowest BCUT2D eigenvalue weighted by Gasteiger charge is -2.16. The summed E-state index contributed by atoms with van der Waals surface area (Å²) in [7, 11) is 3.01. The zero-order chi connectivity index (χ0) is 21.8. The van der Waals surface area contributed by atoms with Crippen LogP contribution in [0.4, 0.5) is 5.95 Å². The molecule has 0 spiro atoms. The molecule has 0 saturated carbocycles. The molecule has 2 heterocycles. The maximum Gasteiger partial charge on any atom is 0.332 e. The zero-order valence-corrected chi connectivity index (χ0v) is 17.9. The van der Waals surface area contributed by atoms with E-state index in [1.165, 1.54) is 11.6 Å². The molecule has 2 aromatic heterocycles. The maximum atomic E-state index is 12.8. The fourth-order valence-electron chi connectivity index (χ4n) is 3.30. The molecule has 0 bridgehead atoms. The normalized spacial score (nSPS) is 12.3. The largest absolute Gasteiger partial charge is 0.491 e. The Morgan fingerprint density at radius 2 is 1.93 bits per heavy atom. The predicted molar refractivity (Wildman–Crippen MR) is 116 cm³/mol. The second-order valence-electron chi connectivity index (χ2n) is 7.43. The summed E-state index contributed by atoms with van der Waals surface area (Å²) in [6.45, 7) is 4.85. The molecule has 9 nitrogen and oxygen atoms in total. The molecule has 0 unspecified atom stereocenters. The Bertz CT molecular complexity index is 1140. The number of aryl methyl sites for hydroxylation is 2. The Morgan fingerprint density at radius 3 is 2.63 bits per heavy atom. The number of imidazole rings is 1. The molecule has 162 valence electrons. The summed E-state index contributed by atoms with van der Waals surface area (Å²) in [5.74, 6) is 1.15. The van der Waals surface area contributed by atoms with Crippen LogP contribution < -0.4 is 21.3 Å².